The van der Waals surface area contributed by atoms with Crippen molar-refractivity contribution in [2.45, 2.75) is 43.9 Å². The van der Waals surface area contributed by atoms with Gasteiger partial charge in [-0.1, -0.05) is 43.2 Å². The number of rotatable bonds is 4. The van der Waals surface area contributed by atoms with Crippen LogP contribution in [0.25, 0.3) is 0 Å². The van der Waals surface area contributed by atoms with E-state index in [1.807, 2.05) is 40.1 Å². The smallest absolute Gasteiger partial charge is 0.254 e. The van der Waals surface area contributed by atoms with Crippen LogP contribution in [0.3, 0.4) is 0 Å². The Bertz CT molecular complexity index is 927. The number of anilines is 1. The molecular weight excluding hydrogens is 406 g/mol. The Labute approximate surface area is 188 Å². The first-order valence-corrected chi connectivity index (χ1v) is 11.5. The summed E-state index contributed by atoms with van der Waals surface area (Å²) in [5.74, 6) is 0.637. The summed E-state index contributed by atoms with van der Waals surface area (Å²) in [5, 5.41) is 0. The van der Waals surface area contributed by atoms with Crippen LogP contribution in [0.5, 0.6) is 0 Å². The van der Waals surface area contributed by atoms with Gasteiger partial charge in [0.05, 0.1) is 6.04 Å². The third-order valence-corrected chi connectivity index (χ3v) is 6.79. The van der Waals surface area contributed by atoms with E-state index in [0.29, 0.717) is 32.1 Å². The zero-order valence-corrected chi connectivity index (χ0v) is 18.2. The third kappa shape index (κ3) is 4.07. The molecule has 2 amide bonds. The predicted molar refractivity (Wildman–Crippen MR) is 119 cm³/mol. The summed E-state index contributed by atoms with van der Waals surface area (Å²) in [5.41, 5.74) is 0.960. The van der Waals surface area contributed by atoms with Gasteiger partial charge in [-0.05, 0) is 24.5 Å². The van der Waals surface area contributed by atoms with E-state index in [9.17, 15) is 9.59 Å². The lowest BCUT2D eigenvalue weighted by Crippen LogP contribution is -2.59. The molecule has 2 aliphatic heterocycles. The lowest BCUT2D eigenvalue weighted by Gasteiger charge is -2.45. The number of amides is 2. The van der Waals surface area contributed by atoms with Gasteiger partial charge in [0, 0.05) is 44.6 Å². The molecule has 1 aromatic heterocycles. The van der Waals surface area contributed by atoms with E-state index in [0.717, 1.165) is 31.2 Å². The molecule has 8 nitrogen and oxygen atoms in total. The number of piperazine rings is 1. The highest BCUT2D eigenvalue weighted by molar-refractivity contribution is 5.87. The molecule has 3 fully saturated rings. The molecule has 5 rings (SSSR count). The normalized spacial score (nSPS) is 24.8. The minimum atomic E-state index is -0.685. The minimum Gasteiger partial charge on any atom is -0.356 e. The third-order valence-electron chi connectivity index (χ3n) is 6.79. The van der Waals surface area contributed by atoms with Gasteiger partial charge in [0.1, 0.15) is 6.61 Å². The number of ether oxygens (including phenoxy) is 1. The van der Waals surface area contributed by atoms with Crippen LogP contribution in [0, 0.1) is 0 Å². The first kappa shape index (κ1) is 20.9. The highest BCUT2D eigenvalue weighted by atomic mass is 16.5. The maximum Gasteiger partial charge on any atom is 0.254 e. The van der Waals surface area contributed by atoms with Gasteiger partial charge in [-0.2, -0.15) is 0 Å². The fourth-order valence-electron chi connectivity index (χ4n) is 5.19. The van der Waals surface area contributed by atoms with Crippen molar-refractivity contribution >= 4 is 17.8 Å². The number of carbonyl (C=O) groups is 2. The van der Waals surface area contributed by atoms with Gasteiger partial charge in [-0.3, -0.25) is 9.59 Å². The summed E-state index contributed by atoms with van der Waals surface area (Å²) in [6.07, 6.45) is 7.01. The Morgan fingerprint density at radius 2 is 1.62 bits per heavy atom. The monoisotopic (exact) mass is 435 g/mol. The zero-order chi connectivity index (χ0) is 21.9. The summed E-state index contributed by atoms with van der Waals surface area (Å²) >= 11 is 0. The lowest BCUT2D eigenvalue weighted by atomic mass is 9.94. The molecule has 32 heavy (non-hydrogen) atoms. The second-order valence-corrected chi connectivity index (χ2v) is 8.69. The van der Waals surface area contributed by atoms with Crippen molar-refractivity contribution in [3.05, 3.63) is 54.4 Å². The number of hydrogen-bond donors (Lipinski definition) is 0. The predicted octanol–water partition coefficient (Wildman–Crippen LogP) is 2.04. The highest BCUT2D eigenvalue weighted by Gasteiger charge is 2.46. The molecule has 1 aromatic carbocycles. The Balaban J connectivity index is 1.36. The van der Waals surface area contributed by atoms with Crippen LogP contribution in [-0.4, -0.2) is 76.5 Å². The van der Waals surface area contributed by atoms with Gasteiger partial charge in [-0.25, -0.2) is 9.97 Å². The first-order valence-electron chi connectivity index (χ1n) is 11.5. The topological polar surface area (TPSA) is 78.9 Å². The molecule has 1 saturated carbocycles. The molecule has 0 N–H and O–H groups in total. The first-order chi connectivity index (χ1) is 15.7. The second-order valence-electron chi connectivity index (χ2n) is 8.69. The average Bonchev–Trinajstić information content (AvgIpc) is 3.39. The standard InChI is InChI=1S/C24H29N5O3/c30-20-17-32-22(21(18-7-2-1-3-8-18)29(20)19-9-4-5-10-19)23(31)27-13-15-28(16-14-27)24-25-11-6-12-26-24/h1-3,6-8,11-12,19,21-22H,4-5,9-10,13-17H2/t21-,22+/m0/s1. The molecule has 2 atom stereocenters. The molecule has 0 radical (unpaired) electrons. The Morgan fingerprint density at radius 3 is 2.31 bits per heavy atom. The van der Waals surface area contributed by atoms with Crippen molar-refractivity contribution in [1.82, 2.24) is 19.8 Å². The number of carbonyl (C=O) groups excluding carboxylic acids is 2. The molecule has 0 unspecified atom stereocenters. The van der Waals surface area contributed by atoms with E-state index in [-0.39, 0.29) is 30.5 Å². The van der Waals surface area contributed by atoms with Crippen LogP contribution < -0.4 is 4.90 Å². The molecule has 2 saturated heterocycles. The summed E-state index contributed by atoms with van der Waals surface area (Å²) in [4.78, 5) is 41.2. The van der Waals surface area contributed by atoms with Gasteiger partial charge in [0.2, 0.25) is 11.9 Å². The van der Waals surface area contributed by atoms with E-state index in [4.69, 9.17) is 4.74 Å². The maximum absolute atomic E-state index is 13.7. The van der Waals surface area contributed by atoms with E-state index in [2.05, 4.69) is 14.9 Å². The maximum atomic E-state index is 13.7. The van der Waals surface area contributed by atoms with Crippen molar-refractivity contribution in [2.75, 3.05) is 37.7 Å². The van der Waals surface area contributed by atoms with E-state index >= 15 is 0 Å². The van der Waals surface area contributed by atoms with E-state index in [1.54, 1.807) is 18.5 Å². The van der Waals surface area contributed by atoms with Crippen LogP contribution >= 0.6 is 0 Å². The zero-order valence-electron chi connectivity index (χ0n) is 18.2. The van der Waals surface area contributed by atoms with Gasteiger partial charge in [0.15, 0.2) is 6.10 Å². The number of aromatic nitrogens is 2. The SMILES string of the molecule is O=C([C@@H]1OCC(=O)N(C2CCCC2)[C@H]1c1ccccc1)N1CCN(c2ncccn2)CC1. The lowest BCUT2D eigenvalue weighted by molar-refractivity contribution is -0.173. The van der Waals surface area contributed by atoms with Crippen molar-refractivity contribution in [3.8, 4) is 0 Å². The number of nitrogens with zero attached hydrogens (tertiary/aromatic N) is 5. The van der Waals surface area contributed by atoms with Crippen LogP contribution in [0.15, 0.2) is 48.8 Å². The van der Waals surface area contributed by atoms with Crippen molar-refractivity contribution < 1.29 is 14.3 Å². The Hall–Kier alpha value is -3.00. The van der Waals surface area contributed by atoms with Gasteiger partial charge < -0.3 is 19.4 Å². The molecule has 8 heteroatoms. The van der Waals surface area contributed by atoms with Gasteiger partial charge in [0.25, 0.3) is 5.91 Å². The van der Waals surface area contributed by atoms with Crippen LogP contribution in [0.2, 0.25) is 0 Å². The molecule has 1 aliphatic carbocycles. The summed E-state index contributed by atoms with van der Waals surface area (Å²) in [6, 6.07) is 11.5. The second kappa shape index (κ2) is 9.24. The molecule has 0 spiro atoms. The molecule has 2 aromatic rings. The minimum absolute atomic E-state index is 0.0131. The van der Waals surface area contributed by atoms with Crippen LogP contribution in [0.1, 0.15) is 37.3 Å². The fourth-order valence-corrected chi connectivity index (χ4v) is 5.19. The summed E-state index contributed by atoms with van der Waals surface area (Å²) in [7, 11) is 0. The van der Waals surface area contributed by atoms with Crippen molar-refractivity contribution in [3.63, 3.8) is 0 Å². The highest BCUT2D eigenvalue weighted by Crippen LogP contribution is 2.37. The van der Waals surface area contributed by atoms with Crippen LogP contribution in [0.4, 0.5) is 5.95 Å². The fraction of sp³-hybridized carbons (Fsp3) is 0.500. The van der Waals surface area contributed by atoms with Crippen molar-refractivity contribution in [1.29, 1.82) is 0 Å². The molecular formula is C24H29N5O3. The number of benzene rings is 1. The van der Waals surface area contributed by atoms with E-state index in [1.165, 1.54) is 0 Å². The van der Waals surface area contributed by atoms with Crippen molar-refractivity contribution in [2.24, 2.45) is 0 Å². The summed E-state index contributed by atoms with van der Waals surface area (Å²) < 4.78 is 5.95. The van der Waals surface area contributed by atoms with Crippen LogP contribution in [-0.2, 0) is 14.3 Å². The average molecular weight is 436 g/mol. The molecule has 3 aliphatic rings. The molecule has 0 bridgehead atoms. The molecule has 3 heterocycles. The number of hydrogen-bond acceptors (Lipinski definition) is 6. The largest absolute Gasteiger partial charge is 0.356 e. The summed E-state index contributed by atoms with van der Waals surface area (Å²) in [6.45, 7) is 2.47. The molecule has 168 valence electrons. The Morgan fingerprint density at radius 1 is 0.938 bits per heavy atom. The Kier molecular flexibility index (Phi) is 6.03. The quantitative estimate of drug-likeness (QED) is 0.731. The number of morpholine rings is 1. The van der Waals surface area contributed by atoms with Gasteiger partial charge >= 0.3 is 0 Å². The van der Waals surface area contributed by atoms with Gasteiger partial charge in [-0.15, -0.1) is 0 Å². The van der Waals surface area contributed by atoms with E-state index < -0.39 is 6.10 Å².